The van der Waals surface area contributed by atoms with Gasteiger partial charge in [0.25, 0.3) is 5.91 Å². The van der Waals surface area contributed by atoms with Crippen molar-refractivity contribution in [3.8, 4) is 22.8 Å². The summed E-state index contributed by atoms with van der Waals surface area (Å²) in [6.45, 7) is 1.33. The van der Waals surface area contributed by atoms with Gasteiger partial charge in [0.05, 0.1) is 31.1 Å². The summed E-state index contributed by atoms with van der Waals surface area (Å²) in [7, 11) is 1.32. The van der Waals surface area contributed by atoms with Gasteiger partial charge in [0.15, 0.2) is 11.5 Å². The maximum atomic E-state index is 14.4. The fourth-order valence-electron chi connectivity index (χ4n) is 4.08. The lowest BCUT2D eigenvalue weighted by atomic mass is 9.88. The lowest BCUT2D eigenvalue weighted by Gasteiger charge is -2.33. The number of nitrogens with zero attached hydrogens (tertiary/aromatic N) is 1. The monoisotopic (exact) mass is 563 g/mol. The Bertz CT molecular complexity index is 1350. The number of hydrogen-bond acceptors (Lipinski definition) is 7. The first-order valence-electron chi connectivity index (χ1n) is 12.5. The molecule has 1 amide bonds. The summed E-state index contributed by atoms with van der Waals surface area (Å²) in [6.07, 6.45) is -5.97. The molecule has 1 aromatic heterocycles. The van der Waals surface area contributed by atoms with E-state index >= 15 is 0 Å². The number of aliphatic hydroxyl groups is 2. The maximum absolute atomic E-state index is 14.4. The van der Waals surface area contributed by atoms with Crippen molar-refractivity contribution in [1.29, 1.82) is 0 Å². The number of carbonyl (C=O) groups excluding carboxylic acids is 1. The Kier molecular flexibility index (Phi) is 8.62. The van der Waals surface area contributed by atoms with Crippen molar-refractivity contribution in [2.45, 2.75) is 30.7 Å². The summed E-state index contributed by atoms with van der Waals surface area (Å²) in [5.41, 5.74) is -3.24. The van der Waals surface area contributed by atoms with E-state index in [9.17, 15) is 32.6 Å². The minimum absolute atomic E-state index is 0.0383. The largest absolute Gasteiger partial charge is 0.493 e. The van der Waals surface area contributed by atoms with E-state index in [0.717, 1.165) is 0 Å². The van der Waals surface area contributed by atoms with Crippen LogP contribution in [0.4, 0.5) is 17.6 Å². The van der Waals surface area contributed by atoms with Gasteiger partial charge in [0, 0.05) is 30.1 Å². The van der Waals surface area contributed by atoms with Crippen molar-refractivity contribution >= 4 is 5.91 Å². The molecule has 4 rings (SSSR count). The summed E-state index contributed by atoms with van der Waals surface area (Å²) in [4.78, 5) is 17.0. The van der Waals surface area contributed by atoms with Crippen LogP contribution in [0.3, 0.4) is 0 Å². The van der Waals surface area contributed by atoms with Crippen molar-refractivity contribution in [1.82, 2.24) is 15.6 Å². The van der Waals surface area contributed by atoms with E-state index in [0.29, 0.717) is 24.2 Å². The summed E-state index contributed by atoms with van der Waals surface area (Å²) >= 11 is 0. The molecule has 0 spiro atoms. The molecule has 1 saturated heterocycles. The molecule has 1 aliphatic heterocycles. The number of methoxy groups -OCH3 is 1. The van der Waals surface area contributed by atoms with Gasteiger partial charge in [-0.3, -0.25) is 4.79 Å². The van der Waals surface area contributed by atoms with Crippen LogP contribution in [0.15, 0.2) is 54.6 Å². The van der Waals surface area contributed by atoms with Crippen LogP contribution in [0.2, 0.25) is 0 Å². The van der Waals surface area contributed by atoms with Crippen molar-refractivity contribution in [2.75, 3.05) is 33.4 Å². The van der Waals surface area contributed by atoms with Crippen molar-refractivity contribution < 1.29 is 42.0 Å². The second-order valence-electron chi connectivity index (χ2n) is 9.60. The van der Waals surface area contributed by atoms with Gasteiger partial charge in [-0.2, -0.15) is 13.2 Å². The molecule has 0 radical (unpaired) electrons. The van der Waals surface area contributed by atoms with Crippen LogP contribution in [0.5, 0.6) is 11.5 Å². The minimum atomic E-state index is -5.21. The van der Waals surface area contributed by atoms with Crippen LogP contribution < -0.4 is 20.1 Å². The number of halogens is 4. The zero-order chi connectivity index (χ0) is 29.1. The Morgan fingerprint density at radius 1 is 1.12 bits per heavy atom. The second-order valence-corrected chi connectivity index (χ2v) is 9.60. The Labute approximate surface area is 228 Å². The van der Waals surface area contributed by atoms with Crippen LogP contribution in [-0.2, 0) is 5.60 Å². The number of hydrogen-bond donors (Lipinski definition) is 4. The third-order valence-electron chi connectivity index (χ3n) is 6.54. The third-order valence-corrected chi connectivity index (χ3v) is 6.54. The van der Waals surface area contributed by atoms with Crippen molar-refractivity contribution in [3.05, 3.63) is 77.2 Å². The van der Waals surface area contributed by atoms with E-state index in [2.05, 4.69) is 15.6 Å². The van der Waals surface area contributed by atoms with Crippen LogP contribution in [0.25, 0.3) is 11.3 Å². The molecule has 3 aromatic rings. The van der Waals surface area contributed by atoms with Gasteiger partial charge in [-0.25, -0.2) is 9.37 Å². The van der Waals surface area contributed by atoms with Gasteiger partial charge in [-0.15, -0.1) is 0 Å². The number of aromatic nitrogens is 1. The SMILES string of the molecule is COc1cc(C(=O)NCC(O)(c2cc(C3CNC3)cc(-c3ccc(F)cc3)n2)C(F)(F)F)ccc1OC[C@@H](C)O. The lowest BCUT2D eigenvalue weighted by Crippen LogP contribution is -2.51. The third kappa shape index (κ3) is 6.35. The highest BCUT2D eigenvalue weighted by Crippen LogP contribution is 2.40. The quantitative estimate of drug-likeness (QED) is 0.279. The molecule has 0 aliphatic carbocycles. The molecule has 0 saturated carbocycles. The van der Waals surface area contributed by atoms with Gasteiger partial charge in [-0.1, -0.05) is 0 Å². The molecule has 0 bridgehead atoms. The first-order chi connectivity index (χ1) is 18.9. The molecule has 40 heavy (non-hydrogen) atoms. The van der Waals surface area contributed by atoms with E-state index < -0.39 is 41.8 Å². The molecule has 1 aliphatic rings. The zero-order valence-corrected chi connectivity index (χ0v) is 21.8. The Morgan fingerprint density at radius 3 is 2.40 bits per heavy atom. The van der Waals surface area contributed by atoms with E-state index in [1.807, 2.05) is 0 Å². The average molecular weight is 564 g/mol. The summed E-state index contributed by atoms with van der Waals surface area (Å²) in [5.74, 6) is -1.16. The number of nitrogens with one attached hydrogen (secondary N) is 2. The van der Waals surface area contributed by atoms with Crippen LogP contribution in [0, 0.1) is 5.82 Å². The van der Waals surface area contributed by atoms with E-state index in [4.69, 9.17) is 9.47 Å². The minimum Gasteiger partial charge on any atom is -0.493 e. The van der Waals surface area contributed by atoms with Crippen LogP contribution in [0.1, 0.15) is 34.5 Å². The van der Waals surface area contributed by atoms with Gasteiger partial charge < -0.3 is 30.3 Å². The standard InChI is InChI=1S/C28H29F4N3O5/c1-16(36)14-40-23-8-5-18(10-24(23)39-2)26(37)34-15-27(38,28(30,31)32)25-11-19(20-12-33-13-20)9-22(35-25)17-3-6-21(29)7-4-17/h3-11,16,20,33,36,38H,12-15H2,1-2H3,(H,34,37)/t16-,27?/m1/s1. The number of rotatable bonds is 10. The maximum Gasteiger partial charge on any atom is 0.424 e. The highest BCUT2D eigenvalue weighted by Gasteiger charge is 2.56. The number of amides is 1. The molecule has 8 nitrogen and oxygen atoms in total. The van der Waals surface area contributed by atoms with Crippen LogP contribution in [-0.4, -0.2) is 66.7 Å². The molecule has 2 atom stereocenters. The van der Waals surface area contributed by atoms with Crippen LogP contribution >= 0.6 is 0 Å². The van der Waals surface area contributed by atoms with E-state index in [1.165, 1.54) is 62.6 Å². The Hall–Kier alpha value is -3.74. The Morgan fingerprint density at radius 2 is 1.82 bits per heavy atom. The normalized spacial score (nSPS) is 16.0. The molecule has 1 unspecified atom stereocenters. The smallest absolute Gasteiger partial charge is 0.424 e. The number of carbonyl (C=O) groups is 1. The number of pyridine rings is 1. The number of alkyl halides is 3. The highest BCUT2D eigenvalue weighted by molar-refractivity contribution is 5.95. The van der Waals surface area contributed by atoms with Gasteiger partial charge >= 0.3 is 6.18 Å². The lowest BCUT2D eigenvalue weighted by molar-refractivity contribution is -0.265. The number of aliphatic hydroxyl groups excluding tert-OH is 1. The first-order valence-corrected chi connectivity index (χ1v) is 12.5. The van der Waals surface area contributed by atoms with Gasteiger partial charge in [0.1, 0.15) is 12.4 Å². The average Bonchev–Trinajstić information content (AvgIpc) is 2.88. The van der Waals surface area contributed by atoms with Crippen molar-refractivity contribution in [3.63, 3.8) is 0 Å². The predicted octanol–water partition coefficient (Wildman–Crippen LogP) is 3.52. The Balaban J connectivity index is 1.64. The van der Waals surface area contributed by atoms with E-state index in [-0.39, 0.29) is 35.3 Å². The molecule has 214 valence electrons. The van der Waals surface area contributed by atoms with E-state index in [1.54, 1.807) is 6.07 Å². The molecular weight excluding hydrogens is 534 g/mol. The first kappa shape index (κ1) is 29.2. The molecule has 1 fully saturated rings. The van der Waals surface area contributed by atoms with Crippen molar-refractivity contribution in [2.24, 2.45) is 0 Å². The molecule has 4 N–H and O–H groups in total. The zero-order valence-electron chi connectivity index (χ0n) is 21.8. The highest BCUT2D eigenvalue weighted by atomic mass is 19.4. The predicted molar refractivity (Wildman–Crippen MR) is 138 cm³/mol. The number of benzene rings is 2. The molecule has 12 heteroatoms. The molecule has 2 aromatic carbocycles. The van der Waals surface area contributed by atoms with Gasteiger partial charge in [0.2, 0.25) is 5.60 Å². The fraction of sp³-hybridized carbons (Fsp3) is 0.357. The summed E-state index contributed by atoms with van der Waals surface area (Å²) < 4.78 is 67.3. The van der Waals surface area contributed by atoms with Gasteiger partial charge in [-0.05, 0) is 67.1 Å². The summed E-state index contributed by atoms with van der Waals surface area (Å²) in [5, 5.41) is 25.7. The number of ether oxygens (including phenoxy) is 2. The fourth-order valence-corrected chi connectivity index (χ4v) is 4.08. The molecule has 2 heterocycles. The summed E-state index contributed by atoms with van der Waals surface area (Å²) in [6, 6.07) is 11.9. The topological polar surface area (TPSA) is 113 Å². The molecular formula is C28H29F4N3O5. The second kappa shape index (κ2) is 11.8.